The van der Waals surface area contributed by atoms with E-state index in [9.17, 15) is 0 Å². The molecule has 0 fully saturated rings. The highest BCUT2D eigenvalue weighted by molar-refractivity contribution is 5.26. The summed E-state index contributed by atoms with van der Waals surface area (Å²) in [6, 6.07) is 8.51. The Hall–Kier alpha value is -0.860. The normalized spacial score (nSPS) is 12.7. The van der Waals surface area contributed by atoms with E-state index in [0.717, 1.165) is 13.0 Å². The van der Waals surface area contributed by atoms with E-state index in [-0.39, 0.29) is 11.1 Å². The molecular formula is C17H29NO. The van der Waals surface area contributed by atoms with E-state index in [1.54, 1.807) is 0 Å². The number of ether oxygens (including phenoxy) is 1. The molecule has 108 valence electrons. The van der Waals surface area contributed by atoms with Crippen molar-refractivity contribution in [1.29, 1.82) is 0 Å². The van der Waals surface area contributed by atoms with Crippen LogP contribution in [0.1, 0.15) is 59.1 Å². The first kappa shape index (κ1) is 16.2. The minimum Gasteiger partial charge on any atom is -0.371 e. The molecule has 19 heavy (non-hydrogen) atoms. The molecule has 0 aliphatic carbocycles. The monoisotopic (exact) mass is 263 g/mol. The van der Waals surface area contributed by atoms with E-state index in [4.69, 9.17) is 4.74 Å². The highest BCUT2D eigenvalue weighted by atomic mass is 16.5. The van der Waals surface area contributed by atoms with Gasteiger partial charge in [0.1, 0.15) is 0 Å². The lowest BCUT2D eigenvalue weighted by atomic mass is 10.0. The first-order valence-corrected chi connectivity index (χ1v) is 7.19. The second-order valence-corrected chi connectivity index (χ2v) is 6.77. The van der Waals surface area contributed by atoms with E-state index in [1.165, 1.54) is 11.1 Å². The molecule has 0 heterocycles. The molecular weight excluding hydrogens is 234 g/mol. The minimum atomic E-state index is -0.0510. The van der Waals surface area contributed by atoms with E-state index in [1.807, 2.05) is 0 Å². The maximum atomic E-state index is 6.01. The molecule has 0 bridgehead atoms. The van der Waals surface area contributed by atoms with Crippen molar-refractivity contribution in [1.82, 2.24) is 5.32 Å². The van der Waals surface area contributed by atoms with Crippen LogP contribution < -0.4 is 5.32 Å². The van der Waals surface area contributed by atoms with Crippen LogP contribution in [0, 0.1) is 0 Å². The fourth-order valence-corrected chi connectivity index (χ4v) is 1.61. The molecule has 2 nitrogen and oxygen atoms in total. The molecule has 1 rings (SSSR count). The van der Waals surface area contributed by atoms with Gasteiger partial charge in [0, 0.05) is 12.1 Å². The van der Waals surface area contributed by atoms with Crippen LogP contribution in [0.5, 0.6) is 0 Å². The summed E-state index contributed by atoms with van der Waals surface area (Å²) in [6.07, 6.45) is 1.02. The van der Waals surface area contributed by atoms with Crippen molar-refractivity contribution in [3.63, 3.8) is 0 Å². The number of hydrogen-bond acceptors (Lipinski definition) is 2. The van der Waals surface area contributed by atoms with Crippen LogP contribution in [-0.2, 0) is 17.9 Å². The van der Waals surface area contributed by atoms with E-state index >= 15 is 0 Å². The van der Waals surface area contributed by atoms with E-state index in [0.29, 0.717) is 6.61 Å². The summed E-state index contributed by atoms with van der Waals surface area (Å²) in [7, 11) is 0. The van der Waals surface area contributed by atoms with Gasteiger partial charge in [0.15, 0.2) is 0 Å². The molecule has 0 aliphatic heterocycles. The molecule has 0 aliphatic rings. The van der Waals surface area contributed by atoms with Crippen molar-refractivity contribution in [2.45, 2.75) is 72.3 Å². The fraction of sp³-hybridized carbons (Fsp3) is 0.647. The van der Waals surface area contributed by atoms with Gasteiger partial charge in [-0.1, -0.05) is 31.2 Å². The van der Waals surface area contributed by atoms with Crippen molar-refractivity contribution < 1.29 is 4.74 Å². The lowest BCUT2D eigenvalue weighted by molar-refractivity contribution is -0.0319. The smallest absolute Gasteiger partial charge is 0.0727 e. The lowest BCUT2D eigenvalue weighted by Crippen LogP contribution is -2.35. The van der Waals surface area contributed by atoms with Crippen LogP contribution in [0.3, 0.4) is 0 Å². The summed E-state index contributed by atoms with van der Waals surface area (Å²) in [6.45, 7) is 14.6. The summed E-state index contributed by atoms with van der Waals surface area (Å²) >= 11 is 0. The molecule has 1 N–H and O–H groups in total. The van der Waals surface area contributed by atoms with Crippen molar-refractivity contribution in [3.05, 3.63) is 35.4 Å². The molecule has 0 unspecified atom stereocenters. The van der Waals surface area contributed by atoms with Crippen molar-refractivity contribution in [2.24, 2.45) is 0 Å². The van der Waals surface area contributed by atoms with Gasteiger partial charge in [-0.3, -0.25) is 0 Å². The van der Waals surface area contributed by atoms with Crippen LogP contribution in [0.2, 0.25) is 0 Å². The Kier molecular flexibility index (Phi) is 5.57. The number of nitrogens with one attached hydrogen (secondary N) is 1. The quantitative estimate of drug-likeness (QED) is 0.827. The van der Waals surface area contributed by atoms with Gasteiger partial charge in [0.2, 0.25) is 0 Å². The van der Waals surface area contributed by atoms with Crippen molar-refractivity contribution in [3.8, 4) is 0 Å². The molecule has 0 aromatic heterocycles. The second-order valence-electron chi connectivity index (χ2n) is 6.77. The van der Waals surface area contributed by atoms with Crippen LogP contribution in [0.15, 0.2) is 24.3 Å². The van der Waals surface area contributed by atoms with Crippen LogP contribution in [0.25, 0.3) is 0 Å². The van der Waals surface area contributed by atoms with E-state index < -0.39 is 0 Å². The average molecular weight is 263 g/mol. The van der Waals surface area contributed by atoms with Gasteiger partial charge in [0.05, 0.1) is 12.2 Å². The first-order valence-electron chi connectivity index (χ1n) is 7.19. The largest absolute Gasteiger partial charge is 0.371 e. The molecule has 0 saturated carbocycles. The number of benzene rings is 1. The zero-order valence-corrected chi connectivity index (χ0v) is 13.3. The Morgan fingerprint density at radius 2 is 1.58 bits per heavy atom. The Morgan fingerprint density at radius 3 is 2.11 bits per heavy atom. The average Bonchev–Trinajstić information content (AvgIpc) is 2.34. The summed E-state index contributed by atoms with van der Waals surface area (Å²) in [5, 5.41) is 3.53. The third-order valence-electron chi connectivity index (χ3n) is 3.40. The van der Waals surface area contributed by atoms with E-state index in [2.05, 4.69) is 71.1 Å². The predicted molar refractivity (Wildman–Crippen MR) is 82.2 cm³/mol. The lowest BCUT2D eigenvalue weighted by Gasteiger charge is -2.25. The SMILES string of the molecule is CCC(C)(C)OCc1ccccc1CNC(C)(C)C. The highest BCUT2D eigenvalue weighted by Crippen LogP contribution is 2.19. The standard InChI is InChI=1S/C17H29NO/c1-7-17(5,6)19-13-15-11-9-8-10-14(15)12-18-16(2,3)4/h8-11,18H,7,12-13H2,1-6H3. The molecule has 0 atom stereocenters. The Labute approximate surface area is 118 Å². The Bertz CT molecular complexity index is 390. The van der Waals surface area contributed by atoms with Crippen LogP contribution in [0.4, 0.5) is 0 Å². The molecule has 1 aromatic carbocycles. The van der Waals surface area contributed by atoms with Crippen LogP contribution in [-0.4, -0.2) is 11.1 Å². The zero-order chi connectivity index (χ0) is 14.5. The Balaban J connectivity index is 2.68. The van der Waals surface area contributed by atoms with Gasteiger partial charge in [-0.05, 0) is 52.2 Å². The summed E-state index contributed by atoms with van der Waals surface area (Å²) in [5.74, 6) is 0. The maximum absolute atomic E-state index is 6.01. The van der Waals surface area contributed by atoms with Gasteiger partial charge < -0.3 is 10.1 Å². The van der Waals surface area contributed by atoms with Crippen LogP contribution >= 0.6 is 0 Å². The highest BCUT2D eigenvalue weighted by Gasteiger charge is 2.16. The van der Waals surface area contributed by atoms with Gasteiger partial charge in [-0.2, -0.15) is 0 Å². The fourth-order valence-electron chi connectivity index (χ4n) is 1.61. The van der Waals surface area contributed by atoms with Gasteiger partial charge in [0.25, 0.3) is 0 Å². The summed E-state index contributed by atoms with van der Waals surface area (Å²) in [5.41, 5.74) is 2.69. The molecule has 0 amide bonds. The van der Waals surface area contributed by atoms with Crippen molar-refractivity contribution in [2.75, 3.05) is 0 Å². The predicted octanol–water partition coefficient (Wildman–Crippen LogP) is 4.28. The molecule has 2 heteroatoms. The molecule has 1 aromatic rings. The zero-order valence-electron chi connectivity index (χ0n) is 13.3. The number of rotatable bonds is 6. The summed E-state index contributed by atoms with van der Waals surface area (Å²) in [4.78, 5) is 0. The first-order chi connectivity index (χ1) is 8.73. The molecule has 0 saturated heterocycles. The second kappa shape index (κ2) is 6.53. The van der Waals surface area contributed by atoms with Gasteiger partial charge in [-0.15, -0.1) is 0 Å². The Morgan fingerprint density at radius 1 is 1.00 bits per heavy atom. The maximum Gasteiger partial charge on any atom is 0.0727 e. The van der Waals surface area contributed by atoms with Gasteiger partial charge >= 0.3 is 0 Å². The minimum absolute atomic E-state index is 0.0510. The third kappa shape index (κ3) is 6.22. The van der Waals surface area contributed by atoms with Crippen molar-refractivity contribution >= 4 is 0 Å². The molecule has 0 radical (unpaired) electrons. The van der Waals surface area contributed by atoms with Gasteiger partial charge in [-0.25, -0.2) is 0 Å². The summed E-state index contributed by atoms with van der Waals surface area (Å²) < 4.78 is 6.01. The number of hydrogen-bond donors (Lipinski definition) is 1. The third-order valence-corrected chi connectivity index (χ3v) is 3.40. The molecule has 0 spiro atoms. The topological polar surface area (TPSA) is 21.3 Å².